The third-order valence-electron chi connectivity index (χ3n) is 4.15. The van der Waals surface area contributed by atoms with Crippen molar-refractivity contribution in [2.45, 2.75) is 31.8 Å². The normalized spacial score (nSPS) is 22.8. The molecule has 0 spiro atoms. The number of aromatic nitrogens is 1. The number of hydrogen-bond donors (Lipinski definition) is 1. The van der Waals surface area contributed by atoms with E-state index < -0.39 is 0 Å². The van der Waals surface area contributed by atoms with Crippen LogP contribution in [0.1, 0.15) is 30.1 Å². The van der Waals surface area contributed by atoms with E-state index in [2.05, 4.69) is 9.88 Å². The van der Waals surface area contributed by atoms with E-state index in [-0.39, 0.29) is 5.82 Å². The van der Waals surface area contributed by atoms with Crippen molar-refractivity contribution in [1.29, 1.82) is 0 Å². The van der Waals surface area contributed by atoms with Gasteiger partial charge < -0.3 is 9.88 Å². The first-order valence-corrected chi connectivity index (χ1v) is 6.38. The number of nitrogens with zero attached hydrogens (tertiary/aromatic N) is 1. The van der Waals surface area contributed by atoms with Gasteiger partial charge in [-0.25, -0.2) is 4.39 Å². The fourth-order valence-electron chi connectivity index (χ4n) is 3.49. The zero-order valence-corrected chi connectivity index (χ0v) is 9.67. The lowest BCUT2D eigenvalue weighted by molar-refractivity contribution is 0.384. The number of rotatable bonds is 0. The van der Waals surface area contributed by atoms with E-state index in [0.29, 0.717) is 6.04 Å². The number of halogens is 1. The highest BCUT2D eigenvalue weighted by Crippen LogP contribution is 2.38. The van der Waals surface area contributed by atoms with Gasteiger partial charge >= 0.3 is 0 Å². The van der Waals surface area contributed by atoms with Crippen LogP contribution in [0.25, 0.3) is 10.9 Å². The van der Waals surface area contributed by atoms with Crippen molar-refractivity contribution in [3.05, 3.63) is 35.3 Å². The smallest absolute Gasteiger partial charge is 0.123 e. The van der Waals surface area contributed by atoms with Crippen LogP contribution >= 0.6 is 0 Å². The van der Waals surface area contributed by atoms with Gasteiger partial charge in [0.1, 0.15) is 5.82 Å². The summed E-state index contributed by atoms with van der Waals surface area (Å²) in [7, 11) is 0. The molecule has 1 aromatic carbocycles. The first kappa shape index (κ1) is 9.66. The molecular formula is C14H15FN2. The monoisotopic (exact) mass is 230 g/mol. The molecule has 2 heterocycles. The Morgan fingerprint density at radius 1 is 1.35 bits per heavy atom. The topological polar surface area (TPSA) is 17.0 Å². The third-order valence-corrected chi connectivity index (χ3v) is 4.15. The molecule has 0 fully saturated rings. The predicted molar refractivity (Wildman–Crippen MR) is 65.6 cm³/mol. The van der Waals surface area contributed by atoms with E-state index in [0.717, 1.165) is 24.9 Å². The van der Waals surface area contributed by atoms with E-state index in [1.165, 1.54) is 29.6 Å². The quantitative estimate of drug-likeness (QED) is 0.736. The lowest BCUT2D eigenvalue weighted by Crippen LogP contribution is -2.35. The summed E-state index contributed by atoms with van der Waals surface area (Å²) in [6.45, 7) is 2.03. The van der Waals surface area contributed by atoms with Crippen molar-refractivity contribution in [3.63, 3.8) is 0 Å². The molecule has 1 N–H and O–H groups in total. The standard InChI is InChI=1S/C14H15FN2/c15-9-4-5-13-11(8-9)10-2-1-3-12-14(10)17(13)7-6-16-12/h4-5,8,12,16H,1-3,6-7H2/t12-/m0/s1. The number of hydrogen-bond acceptors (Lipinski definition) is 1. The molecule has 4 rings (SSSR count). The van der Waals surface area contributed by atoms with Crippen molar-refractivity contribution < 1.29 is 4.39 Å². The molecule has 0 amide bonds. The minimum Gasteiger partial charge on any atom is -0.342 e. The maximum absolute atomic E-state index is 13.4. The van der Waals surface area contributed by atoms with Crippen molar-refractivity contribution in [3.8, 4) is 0 Å². The molecular weight excluding hydrogens is 215 g/mol. The van der Waals surface area contributed by atoms with Crippen LogP contribution in [0.4, 0.5) is 4.39 Å². The fourth-order valence-corrected chi connectivity index (χ4v) is 3.49. The second kappa shape index (κ2) is 3.33. The molecule has 88 valence electrons. The van der Waals surface area contributed by atoms with Gasteiger partial charge in [0.15, 0.2) is 0 Å². The Bertz CT molecular complexity index is 598. The molecule has 17 heavy (non-hydrogen) atoms. The molecule has 0 saturated heterocycles. The zero-order valence-electron chi connectivity index (χ0n) is 9.67. The van der Waals surface area contributed by atoms with Crippen LogP contribution in [0.15, 0.2) is 18.2 Å². The van der Waals surface area contributed by atoms with Crippen molar-refractivity contribution in [2.24, 2.45) is 0 Å². The Balaban J connectivity index is 2.11. The van der Waals surface area contributed by atoms with Gasteiger partial charge in [0.25, 0.3) is 0 Å². The molecule has 2 aliphatic rings. The second-order valence-electron chi connectivity index (χ2n) is 5.08. The van der Waals surface area contributed by atoms with Gasteiger partial charge in [-0.3, -0.25) is 0 Å². The summed E-state index contributed by atoms with van der Waals surface area (Å²) in [6, 6.07) is 5.71. The van der Waals surface area contributed by atoms with Crippen LogP contribution < -0.4 is 5.32 Å². The van der Waals surface area contributed by atoms with Gasteiger partial charge in [-0.15, -0.1) is 0 Å². The van der Waals surface area contributed by atoms with E-state index in [4.69, 9.17) is 0 Å². The van der Waals surface area contributed by atoms with Crippen molar-refractivity contribution in [2.75, 3.05) is 6.54 Å². The van der Waals surface area contributed by atoms with Gasteiger partial charge in [-0.2, -0.15) is 0 Å². The van der Waals surface area contributed by atoms with Crippen LogP contribution in [0.5, 0.6) is 0 Å². The van der Waals surface area contributed by atoms with Crippen LogP contribution in [0, 0.1) is 5.82 Å². The average molecular weight is 230 g/mol. The SMILES string of the molecule is Fc1ccc2c(c1)c1c3n2CCN[C@H]3CCC1. The van der Waals surface area contributed by atoms with Crippen molar-refractivity contribution >= 4 is 10.9 Å². The Morgan fingerprint density at radius 2 is 2.29 bits per heavy atom. The maximum atomic E-state index is 13.4. The lowest BCUT2D eigenvalue weighted by Gasteiger charge is -2.31. The largest absolute Gasteiger partial charge is 0.342 e. The summed E-state index contributed by atoms with van der Waals surface area (Å²) in [5.41, 5.74) is 4.01. The Hall–Kier alpha value is -1.35. The molecule has 0 bridgehead atoms. The highest BCUT2D eigenvalue weighted by molar-refractivity contribution is 5.86. The molecule has 1 aliphatic carbocycles. The van der Waals surface area contributed by atoms with Gasteiger partial charge in [-0.05, 0) is 43.0 Å². The van der Waals surface area contributed by atoms with Crippen LogP contribution in [0.3, 0.4) is 0 Å². The molecule has 3 heteroatoms. The maximum Gasteiger partial charge on any atom is 0.123 e. The van der Waals surface area contributed by atoms with Gasteiger partial charge in [0.2, 0.25) is 0 Å². The summed E-state index contributed by atoms with van der Waals surface area (Å²) < 4.78 is 15.8. The minimum atomic E-state index is -0.119. The Morgan fingerprint density at radius 3 is 3.24 bits per heavy atom. The van der Waals surface area contributed by atoms with Gasteiger partial charge in [0.05, 0.1) is 0 Å². The van der Waals surface area contributed by atoms with Crippen LogP contribution in [0.2, 0.25) is 0 Å². The molecule has 0 saturated carbocycles. The summed E-state index contributed by atoms with van der Waals surface area (Å²) in [4.78, 5) is 0. The van der Waals surface area contributed by atoms with Gasteiger partial charge in [-0.1, -0.05) is 0 Å². The highest BCUT2D eigenvalue weighted by atomic mass is 19.1. The summed E-state index contributed by atoms with van der Waals surface area (Å²) >= 11 is 0. The van der Waals surface area contributed by atoms with Crippen LogP contribution in [-0.4, -0.2) is 11.1 Å². The number of fused-ring (bicyclic) bond motifs is 3. The molecule has 2 nitrogen and oxygen atoms in total. The minimum absolute atomic E-state index is 0.119. The summed E-state index contributed by atoms with van der Waals surface area (Å²) in [5, 5.41) is 4.71. The second-order valence-corrected chi connectivity index (χ2v) is 5.08. The Labute approximate surface area is 99.4 Å². The summed E-state index contributed by atoms with van der Waals surface area (Å²) in [6.07, 6.45) is 3.52. The molecule has 1 aromatic heterocycles. The first-order valence-electron chi connectivity index (χ1n) is 6.38. The zero-order chi connectivity index (χ0) is 11.4. The van der Waals surface area contributed by atoms with E-state index in [9.17, 15) is 4.39 Å². The molecule has 2 aromatic rings. The lowest BCUT2D eigenvalue weighted by atomic mass is 9.91. The average Bonchev–Trinajstić information content (AvgIpc) is 2.67. The fraction of sp³-hybridized carbons (Fsp3) is 0.429. The predicted octanol–water partition coefficient (Wildman–Crippen LogP) is 2.76. The highest BCUT2D eigenvalue weighted by Gasteiger charge is 2.29. The molecule has 1 atom stereocenters. The molecule has 0 unspecified atom stereocenters. The van der Waals surface area contributed by atoms with E-state index in [1.54, 1.807) is 12.1 Å². The number of benzene rings is 1. The number of aryl methyl sites for hydroxylation is 1. The van der Waals surface area contributed by atoms with E-state index >= 15 is 0 Å². The first-order chi connectivity index (χ1) is 8.34. The van der Waals surface area contributed by atoms with Crippen molar-refractivity contribution in [1.82, 2.24) is 9.88 Å². The third kappa shape index (κ3) is 1.23. The van der Waals surface area contributed by atoms with E-state index in [1.807, 2.05) is 6.07 Å². The number of nitrogens with one attached hydrogen (secondary N) is 1. The molecule has 0 radical (unpaired) electrons. The Kier molecular flexibility index (Phi) is 1.89. The summed E-state index contributed by atoms with van der Waals surface area (Å²) in [5.74, 6) is -0.119. The van der Waals surface area contributed by atoms with Gasteiger partial charge in [0, 0.05) is 35.7 Å². The molecule has 1 aliphatic heterocycles. The van der Waals surface area contributed by atoms with Crippen LogP contribution in [-0.2, 0) is 13.0 Å².